The lowest BCUT2D eigenvalue weighted by atomic mass is 9.97. The molecule has 0 amide bonds. The van der Waals surface area contributed by atoms with Gasteiger partial charge in [0.15, 0.2) is 0 Å². The van der Waals surface area contributed by atoms with Gasteiger partial charge in [-0.1, -0.05) is 18.2 Å². The molecule has 78 valence electrons. The Morgan fingerprint density at radius 2 is 2.07 bits per heavy atom. The van der Waals surface area contributed by atoms with Crippen LogP contribution in [0, 0.1) is 13.8 Å². The maximum absolute atomic E-state index is 9.90. The Labute approximate surface area is 85.8 Å². The third-order valence-corrected chi connectivity index (χ3v) is 2.69. The summed E-state index contributed by atoms with van der Waals surface area (Å²) in [5, 5.41) is 9.90. The molecule has 2 heteroatoms. The van der Waals surface area contributed by atoms with E-state index in [9.17, 15) is 5.11 Å². The fraction of sp³-hybridized carbons (Fsp3) is 0.500. The van der Waals surface area contributed by atoms with E-state index in [4.69, 9.17) is 5.73 Å². The van der Waals surface area contributed by atoms with Crippen LogP contribution in [-0.4, -0.2) is 11.7 Å². The molecule has 0 bridgehead atoms. The highest BCUT2D eigenvalue weighted by Gasteiger charge is 2.10. The van der Waals surface area contributed by atoms with Crippen molar-refractivity contribution in [2.24, 2.45) is 5.73 Å². The molecular formula is C12H19NO. The maximum Gasteiger partial charge on any atom is 0.0793 e. The first-order chi connectivity index (χ1) is 6.66. The number of rotatable bonds is 4. The highest BCUT2D eigenvalue weighted by molar-refractivity contribution is 5.34. The number of hydrogen-bond acceptors (Lipinski definition) is 2. The number of aliphatic hydroxyl groups excluding tert-OH is 1. The molecule has 0 fully saturated rings. The van der Waals surface area contributed by atoms with Gasteiger partial charge in [-0.05, 0) is 49.9 Å². The standard InChI is InChI=1S/C12H19NO/c1-9-5-3-6-11(10(9)2)12(14)7-4-8-13/h3,5-6,12,14H,4,7-8,13H2,1-2H3. The van der Waals surface area contributed by atoms with Crippen molar-refractivity contribution in [1.29, 1.82) is 0 Å². The highest BCUT2D eigenvalue weighted by atomic mass is 16.3. The summed E-state index contributed by atoms with van der Waals surface area (Å²) in [4.78, 5) is 0. The Hall–Kier alpha value is -0.860. The van der Waals surface area contributed by atoms with Gasteiger partial charge in [0.2, 0.25) is 0 Å². The molecule has 1 aromatic rings. The first kappa shape index (κ1) is 11.2. The smallest absolute Gasteiger partial charge is 0.0793 e. The van der Waals surface area contributed by atoms with Crippen molar-refractivity contribution in [2.75, 3.05) is 6.54 Å². The van der Waals surface area contributed by atoms with Crippen LogP contribution in [-0.2, 0) is 0 Å². The van der Waals surface area contributed by atoms with E-state index >= 15 is 0 Å². The molecule has 0 radical (unpaired) electrons. The van der Waals surface area contributed by atoms with Crippen LogP contribution in [0.4, 0.5) is 0 Å². The van der Waals surface area contributed by atoms with Gasteiger partial charge in [-0.15, -0.1) is 0 Å². The predicted octanol–water partition coefficient (Wildman–Crippen LogP) is 2.08. The van der Waals surface area contributed by atoms with Gasteiger partial charge >= 0.3 is 0 Å². The van der Waals surface area contributed by atoms with Gasteiger partial charge in [0, 0.05) is 0 Å². The lowest BCUT2D eigenvalue weighted by molar-refractivity contribution is 0.164. The predicted molar refractivity (Wildman–Crippen MR) is 59.2 cm³/mol. The van der Waals surface area contributed by atoms with E-state index in [0.717, 1.165) is 18.4 Å². The van der Waals surface area contributed by atoms with Gasteiger partial charge in [-0.25, -0.2) is 0 Å². The van der Waals surface area contributed by atoms with Gasteiger partial charge < -0.3 is 10.8 Å². The number of nitrogens with two attached hydrogens (primary N) is 1. The summed E-state index contributed by atoms with van der Waals surface area (Å²) in [5.41, 5.74) is 8.87. The van der Waals surface area contributed by atoms with Crippen molar-refractivity contribution in [3.63, 3.8) is 0 Å². The Morgan fingerprint density at radius 1 is 1.36 bits per heavy atom. The number of hydrogen-bond donors (Lipinski definition) is 2. The Bertz CT molecular complexity index is 296. The van der Waals surface area contributed by atoms with Crippen LogP contribution in [0.5, 0.6) is 0 Å². The topological polar surface area (TPSA) is 46.2 Å². The molecule has 14 heavy (non-hydrogen) atoms. The molecule has 0 spiro atoms. The number of aliphatic hydroxyl groups is 1. The fourth-order valence-corrected chi connectivity index (χ4v) is 1.60. The SMILES string of the molecule is Cc1cccc(C(O)CCCN)c1C. The summed E-state index contributed by atoms with van der Waals surface area (Å²) in [7, 11) is 0. The van der Waals surface area contributed by atoms with Crippen molar-refractivity contribution in [2.45, 2.75) is 32.8 Å². The largest absolute Gasteiger partial charge is 0.388 e. The molecule has 0 heterocycles. The van der Waals surface area contributed by atoms with E-state index in [1.54, 1.807) is 0 Å². The fourth-order valence-electron chi connectivity index (χ4n) is 1.60. The second-order valence-electron chi connectivity index (χ2n) is 3.74. The van der Waals surface area contributed by atoms with E-state index in [1.807, 2.05) is 12.1 Å². The Morgan fingerprint density at radius 3 is 2.71 bits per heavy atom. The Balaban J connectivity index is 2.79. The third-order valence-electron chi connectivity index (χ3n) is 2.69. The van der Waals surface area contributed by atoms with Crippen LogP contribution in [0.1, 0.15) is 35.6 Å². The van der Waals surface area contributed by atoms with Crippen LogP contribution < -0.4 is 5.73 Å². The van der Waals surface area contributed by atoms with Crippen LogP contribution in [0.15, 0.2) is 18.2 Å². The van der Waals surface area contributed by atoms with E-state index in [-0.39, 0.29) is 6.10 Å². The average Bonchev–Trinajstić information content (AvgIpc) is 2.18. The summed E-state index contributed by atoms with van der Waals surface area (Å²) in [6.07, 6.45) is 1.26. The minimum Gasteiger partial charge on any atom is -0.388 e. The van der Waals surface area contributed by atoms with Crippen LogP contribution >= 0.6 is 0 Å². The van der Waals surface area contributed by atoms with Gasteiger partial charge in [-0.2, -0.15) is 0 Å². The van der Waals surface area contributed by atoms with Gasteiger partial charge in [0.05, 0.1) is 6.10 Å². The lowest BCUT2D eigenvalue weighted by Crippen LogP contribution is -2.05. The van der Waals surface area contributed by atoms with E-state index in [2.05, 4.69) is 19.9 Å². The zero-order valence-corrected chi connectivity index (χ0v) is 8.96. The molecule has 1 atom stereocenters. The first-order valence-electron chi connectivity index (χ1n) is 5.11. The van der Waals surface area contributed by atoms with Crippen LogP contribution in [0.3, 0.4) is 0 Å². The van der Waals surface area contributed by atoms with Crippen molar-refractivity contribution < 1.29 is 5.11 Å². The van der Waals surface area contributed by atoms with Crippen molar-refractivity contribution >= 4 is 0 Å². The van der Waals surface area contributed by atoms with E-state index < -0.39 is 0 Å². The molecule has 3 N–H and O–H groups in total. The van der Waals surface area contributed by atoms with Crippen molar-refractivity contribution in [3.05, 3.63) is 34.9 Å². The highest BCUT2D eigenvalue weighted by Crippen LogP contribution is 2.23. The van der Waals surface area contributed by atoms with E-state index in [0.29, 0.717) is 6.54 Å². The van der Waals surface area contributed by atoms with Gasteiger partial charge in [0.1, 0.15) is 0 Å². The zero-order valence-electron chi connectivity index (χ0n) is 8.96. The average molecular weight is 193 g/mol. The molecule has 0 aromatic heterocycles. The van der Waals surface area contributed by atoms with Crippen LogP contribution in [0.25, 0.3) is 0 Å². The molecule has 2 nitrogen and oxygen atoms in total. The first-order valence-corrected chi connectivity index (χ1v) is 5.11. The van der Waals surface area contributed by atoms with Crippen molar-refractivity contribution in [3.8, 4) is 0 Å². The summed E-state index contributed by atoms with van der Waals surface area (Å²) < 4.78 is 0. The van der Waals surface area contributed by atoms with Crippen LogP contribution in [0.2, 0.25) is 0 Å². The minimum absolute atomic E-state index is 0.363. The molecule has 0 aliphatic carbocycles. The summed E-state index contributed by atoms with van der Waals surface area (Å²) in [6, 6.07) is 6.04. The molecule has 1 aromatic carbocycles. The number of aryl methyl sites for hydroxylation is 1. The molecule has 0 saturated carbocycles. The molecular weight excluding hydrogens is 174 g/mol. The molecule has 1 unspecified atom stereocenters. The zero-order chi connectivity index (χ0) is 10.6. The van der Waals surface area contributed by atoms with Crippen molar-refractivity contribution in [1.82, 2.24) is 0 Å². The second kappa shape index (κ2) is 5.13. The second-order valence-corrected chi connectivity index (χ2v) is 3.74. The molecule has 0 aliphatic heterocycles. The minimum atomic E-state index is -0.363. The molecule has 1 rings (SSSR count). The number of benzene rings is 1. The van der Waals surface area contributed by atoms with E-state index in [1.165, 1.54) is 11.1 Å². The summed E-state index contributed by atoms with van der Waals surface area (Å²) in [5.74, 6) is 0. The Kier molecular flexibility index (Phi) is 4.11. The summed E-state index contributed by atoms with van der Waals surface area (Å²) >= 11 is 0. The van der Waals surface area contributed by atoms with Gasteiger partial charge in [-0.3, -0.25) is 0 Å². The van der Waals surface area contributed by atoms with Gasteiger partial charge in [0.25, 0.3) is 0 Å². The summed E-state index contributed by atoms with van der Waals surface area (Å²) in [6.45, 7) is 4.76. The maximum atomic E-state index is 9.90. The molecule has 0 aliphatic rings. The lowest BCUT2D eigenvalue weighted by Gasteiger charge is -2.14. The third kappa shape index (κ3) is 2.56. The molecule has 0 saturated heterocycles. The quantitative estimate of drug-likeness (QED) is 0.769. The normalized spacial score (nSPS) is 12.9. The monoisotopic (exact) mass is 193 g/mol.